The molecule has 4 aromatic rings. The molecule has 2 aliphatic rings. The largest absolute Gasteiger partial charge is 1.00 e. The molecule has 5 heteroatoms. The molecule has 238 valence electrons. The van der Waals surface area contributed by atoms with Gasteiger partial charge < -0.3 is 24.8 Å². The number of halogens is 4. The average molecular weight is 951 g/mol. The minimum Gasteiger partial charge on any atom is -1.00 e. The minimum absolute atomic E-state index is 0. The van der Waals surface area contributed by atoms with Gasteiger partial charge in [0.1, 0.15) is 0 Å². The van der Waals surface area contributed by atoms with Crippen LogP contribution in [0.5, 0.6) is 0 Å². The van der Waals surface area contributed by atoms with E-state index in [2.05, 4.69) is 192 Å². The molecule has 0 fully saturated rings. The van der Waals surface area contributed by atoms with E-state index < -0.39 is 21.3 Å². The molecule has 0 amide bonds. The molecule has 0 spiro atoms. The topological polar surface area (TPSA) is 0 Å². The van der Waals surface area contributed by atoms with Crippen LogP contribution in [0, 0.1) is 21.0 Å². The van der Waals surface area contributed by atoms with Crippen LogP contribution < -0.4 is 28.1 Å². The number of allylic oxidation sites excluding steroid dienone is 4. The number of hydrogen-bond donors (Lipinski definition) is 0. The number of rotatable bonds is 4. The fraction of sp³-hybridized carbons (Fsp3) is 0.293. The first-order valence-corrected chi connectivity index (χ1v) is 21.7. The third-order valence-corrected chi connectivity index (χ3v) is 19.1. The van der Waals surface area contributed by atoms with Gasteiger partial charge in [-0.05, 0) is 0 Å². The van der Waals surface area contributed by atoms with Gasteiger partial charge in [-0.3, -0.25) is 0 Å². The molecule has 0 saturated carbocycles. The second-order valence-electron chi connectivity index (χ2n) is 14.5. The monoisotopic (exact) mass is 948 g/mol. The first kappa shape index (κ1) is 38.0. The molecule has 0 nitrogen and oxygen atoms in total. The van der Waals surface area contributed by atoms with E-state index in [0.29, 0.717) is 3.63 Å². The molecule has 0 atom stereocenters. The number of hydrogen-bond acceptors (Lipinski definition) is 0. The molecular formula is C41H42Cl2I2Zr. The molecule has 0 aromatic heterocycles. The van der Waals surface area contributed by atoms with Gasteiger partial charge in [0.15, 0.2) is 0 Å². The van der Waals surface area contributed by atoms with Crippen molar-refractivity contribution in [1.29, 1.82) is 0 Å². The fourth-order valence-corrected chi connectivity index (χ4v) is 16.8. The van der Waals surface area contributed by atoms with E-state index in [1.165, 1.54) is 57.2 Å². The Morgan fingerprint density at radius 3 is 1.63 bits per heavy atom. The molecular weight excluding hydrogens is 908 g/mol. The second-order valence-corrected chi connectivity index (χ2v) is 23.2. The normalized spacial score (nSPS) is 13.4. The van der Waals surface area contributed by atoms with Crippen LogP contribution in [0.1, 0.15) is 86.1 Å². The minimum atomic E-state index is -2.74. The maximum absolute atomic E-state index is 2.74. The molecule has 0 saturated heterocycles. The predicted octanol–water partition coefficient (Wildman–Crippen LogP) is 5.11. The Bertz CT molecular complexity index is 1810. The first-order chi connectivity index (χ1) is 20.7. The molecule has 0 N–H and O–H groups in total. The molecule has 0 heterocycles. The van der Waals surface area contributed by atoms with Gasteiger partial charge >= 0.3 is 303 Å². The van der Waals surface area contributed by atoms with Gasteiger partial charge in [0, 0.05) is 0 Å². The molecule has 2 aliphatic carbocycles. The summed E-state index contributed by atoms with van der Waals surface area (Å²) in [6.45, 7) is 19.0. The van der Waals surface area contributed by atoms with E-state index in [9.17, 15) is 0 Å². The summed E-state index contributed by atoms with van der Waals surface area (Å²) in [7, 11) is 0. The van der Waals surface area contributed by atoms with Crippen molar-refractivity contribution in [1.82, 2.24) is 0 Å². The van der Waals surface area contributed by atoms with Crippen molar-refractivity contribution >= 4 is 51.7 Å². The smallest absolute Gasteiger partial charge is 1.00 e. The molecule has 4 aromatic carbocycles. The summed E-state index contributed by atoms with van der Waals surface area (Å²) in [5.41, 5.74) is 14.9. The van der Waals surface area contributed by atoms with Crippen LogP contribution in [0.25, 0.3) is 11.1 Å². The molecule has 0 unspecified atom stereocenters. The van der Waals surface area contributed by atoms with Crippen molar-refractivity contribution in [2.45, 2.75) is 76.3 Å². The van der Waals surface area contributed by atoms with Gasteiger partial charge in [0.25, 0.3) is 0 Å². The molecule has 0 aliphatic heterocycles. The van der Waals surface area contributed by atoms with Crippen LogP contribution in [0.2, 0.25) is 3.63 Å². The van der Waals surface area contributed by atoms with Crippen LogP contribution in [0.3, 0.4) is 0 Å². The van der Waals surface area contributed by atoms with Gasteiger partial charge in [-0.2, -0.15) is 0 Å². The standard InChI is InChI=1S/C23H29.C13H8I2.C5H5.2ClH.Zr/c1-14-9-16-11-17-10-15(2)21(23(6,7)8)13-19(17)18(16)12-20(14)22(3,4)5;14-12-5-1-10(2-6-12)9-11-3-7-13(15)8-4-11;1-2-4-5-3-1;;;/h9,12-13H,11H2,1-8H3;1-8H;1-5H;2*1H;/q;;;;;+2/p-2. The van der Waals surface area contributed by atoms with E-state index in [-0.39, 0.29) is 35.6 Å². The van der Waals surface area contributed by atoms with Crippen LogP contribution in [0.4, 0.5) is 0 Å². The Kier molecular flexibility index (Phi) is 12.0. The first-order valence-electron chi connectivity index (χ1n) is 15.7. The van der Waals surface area contributed by atoms with Crippen molar-refractivity contribution in [3.63, 3.8) is 0 Å². The zero-order valence-corrected chi connectivity index (χ0v) is 36.2. The number of fused-ring (bicyclic) bond motifs is 3. The van der Waals surface area contributed by atoms with Crippen molar-refractivity contribution in [3.8, 4) is 11.1 Å². The Morgan fingerprint density at radius 2 is 1.15 bits per heavy atom. The van der Waals surface area contributed by atoms with E-state index in [1.807, 2.05) is 0 Å². The number of benzene rings is 4. The summed E-state index contributed by atoms with van der Waals surface area (Å²) in [4.78, 5) is 0. The van der Waals surface area contributed by atoms with Crippen LogP contribution in [-0.4, -0.2) is 3.21 Å². The third kappa shape index (κ3) is 7.35. The van der Waals surface area contributed by atoms with Crippen molar-refractivity contribution in [2.24, 2.45) is 0 Å². The summed E-state index contributed by atoms with van der Waals surface area (Å²) in [6.07, 6.45) is 10.6. The SMILES string of the molecule is Cc1cc2c(cc1C(C)(C)C)-c1cc(C(C)(C)C)c(C)[c]([Zr+2](=[C](c3ccc(I)cc3)c3ccc(I)cc3)[CH]3C=CC=C3)c1C2.[Cl-].[Cl-]. The average Bonchev–Trinajstić information content (AvgIpc) is 3.59. The van der Waals surface area contributed by atoms with E-state index in [4.69, 9.17) is 0 Å². The van der Waals surface area contributed by atoms with Crippen molar-refractivity contribution < 1.29 is 46.1 Å². The van der Waals surface area contributed by atoms with Crippen molar-refractivity contribution in [2.75, 3.05) is 0 Å². The zero-order chi connectivity index (χ0) is 31.6. The Hall–Kier alpha value is -0.847. The number of aryl methyl sites for hydroxylation is 1. The molecule has 0 bridgehead atoms. The Morgan fingerprint density at radius 1 is 0.674 bits per heavy atom. The summed E-state index contributed by atoms with van der Waals surface area (Å²) in [5, 5.41) is 0. The summed E-state index contributed by atoms with van der Waals surface area (Å²) < 4.78 is 6.37. The van der Waals surface area contributed by atoms with Gasteiger partial charge in [0.05, 0.1) is 0 Å². The van der Waals surface area contributed by atoms with E-state index >= 15 is 0 Å². The predicted molar refractivity (Wildman–Crippen MR) is 205 cm³/mol. The van der Waals surface area contributed by atoms with E-state index in [0.717, 1.165) is 6.42 Å². The van der Waals surface area contributed by atoms with Gasteiger partial charge in [-0.15, -0.1) is 0 Å². The Balaban J connectivity index is 0.00000240. The third-order valence-electron chi connectivity index (χ3n) is 9.30. The summed E-state index contributed by atoms with van der Waals surface area (Å²) >= 11 is 2.15. The van der Waals surface area contributed by atoms with Crippen LogP contribution in [0.15, 0.2) is 91.0 Å². The Labute approximate surface area is 324 Å². The van der Waals surface area contributed by atoms with Crippen LogP contribution in [-0.2, 0) is 38.5 Å². The van der Waals surface area contributed by atoms with Gasteiger partial charge in [-0.25, -0.2) is 0 Å². The van der Waals surface area contributed by atoms with Crippen molar-refractivity contribution in [3.05, 3.63) is 143 Å². The van der Waals surface area contributed by atoms with E-state index in [1.54, 1.807) is 12.0 Å². The molecule has 46 heavy (non-hydrogen) atoms. The molecule has 0 radical (unpaired) electrons. The fourth-order valence-electron chi connectivity index (χ4n) is 7.36. The summed E-state index contributed by atoms with van der Waals surface area (Å²) in [6, 6.07) is 26.3. The van der Waals surface area contributed by atoms with Crippen LogP contribution >= 0.6 is 45.2 Å². The maximum Gasteiger partial charge on any atom is -1.00 e. The van der Waals surface area contributed by atoms with Gasteiger partial charge in [-0.1, -0.05) is 0 Å². The zero-order valence-electron chi connectivity index (χ0n) is 28.0. The quantitative estimate of drug-likeness (QED) is 0.220. The molecule has 6 rings (SSSR count). The van der Waals surface area contributed by atoms with Gasteiger partial charge in [0.2, 0.25) is 0 Å². The second kappa shape index (κ2) is 14.6. The summed E-state index contributed by atoms with van der Waals surface area (Å²) in [5.74, 6) is 0. The maximum atomic E-state index is 2.58.